The van der Waals surface area contributed by atoms with Gasteiger partial charge in [-0.15, -0.1) is 6.58 Å². The van der Waals surface area contributed by atoms with Crippen LogP contribution in [0.3, 0.4) is 0 Å². The van der Waals surface area contributed by atoms with E-state index < -0.39 is 10.0 Å². The molecule has 2 fully saturated rings. The fourth-order valence-corrected chi connectivity index (χ4v) is 7.63. The predicted molar refractivity (Wildman–Crippen MR) is 100 cm³/mol. The Labute approximate surface area is 149 Å². The van der Waals surface area contributed by atoms with E-state index in [4.69, 9.17) is 0 Å². The molecule has 0 N–H and O–H groups in total. The standard InChI is InChI=1S/C20H24N2O2S/c1-3-19-10-6-13-21-14-12-20(18(19)21)15-7-4-5-8-16(15)22(25(2,23)24)17(20)9-11-19/h3-8,10,17-18H,1,9,11-14H2,2H3/t17-,18-,19-,20-/m0/s1. The molecule has 4 atom stereocenters. The second kappa shape index (κ2) is 4.77. The largest absolute Gasteiger partial charge is 0.295 e. The van der Waals surface area contributed by atoms with E-state index in [0.717, 1.165) is 38.0 Å². The van der Waals surface area contributed by atoms with E-state index in [1.54, 1.807) is 4.31 Å². The molecule has 4 nitrogen and oxygen atoms in total. The number of sulfonamides is 1. The van der Waals surface area contributed by atoms with Gasteiger partial charge in [0, 0.05) is 23.4 Å². The molecule has 1 spiro atoms. The molecule has 5 rings (SSSR count). The van der Waals surface area contributed by atoms with Crippen LogP contribution in [-0.2, 0) is 15.4 Å². The average Bonchev–Trinajstić information content (AvgIpc) is 3.13. The summed E-state index contributed by atoms with van der Waals surface area (Å²) in [5.74, 6) is 0. The first-order chi connectivity index (χ1) is 11.9. The van der Waals surface area contributed by atoms with E-state index >= 15 is 0 Å². The van der Waals surface area contributed by atoms with E-state index in [0.29, 0.717) is 6.04 Å². The van der Waals surface area contributed by atoms with Crippen LogP contribution in [0, 0.1) is 5.41 Å². The maximum absolute atomic E-state index is 12.7. The molecular formula is C20H24N2O2S. The minimum atomic E-state index is -3.31. The fourth-order valence-electron chi connectivity index (χ4n) is 6.35. The van der Waals surface area contributed by atoms with Crippen molar-refractivity contribution in [2.45, 2.75) is 36.8 Å². The first kappa shape index (κ1) is 15.6. The van der Waals surface area contributed by atoms with E-state index in [2.05, 4.69) is 41.8 Å². The van der Waals surface area contributed by atoms with Crippen molar-refractivity contribution in [2.24, 2.45) is 5.41 Å². The smallest absolute Gasteiger partial charge is 0.232 e. The zero-order valence-electron chi connectivity index (χ0n) is 14.6. The van der Waals surface area contributed by atoms with Crippen molar-refractivity contribution < 1.29 is 8.42 Å². The third-order valence-corrected chi connectivity index (χ3v) is 8.22. The molecule has 1 saturated heterocycles. The Hall–Kier alpha value is -1.59. The SMILES string of the molecule is C=C[C@]12C=CCN3CC[C@@]4(c5ccccc5N(S(C)(=O)=O)[C@H]4CC1)[C@@H]32. The van der Waals surface area contributed by atoms with Crippen molar-refractivity contribution in [1.82, 2.24) is 4.90 Å². The number of hydrogen-bond acceptors (Lipinski definition) is 3. The lowest BCUT2D eigenvalue weighted by molar-refractivity contribution is 0.0679. The van der Waals surface area contributed by atoms with E-state index in [1.165, 1.54) is 11.8 Å². The van der Waals surface area contributed by atoms with Gasteiger partial charge in [0.1, 0.15) is 0 Å². The van der Waals surface area contributed by atoms with Gasteiger partial charge in [-0.25, -0.2) is 8.42 Å². The van der Waals surface area contributed by atoms with Crippen molar-refractivity contribution in [3.8, 4) is 0 Å². The van der Waals surface area contributed by atoms with Gasteiger partial charge in [0.25, 0.3) is 0 Å². The summed E-state index contributed by atoms with van der Waals surface area (Å²) in [5, 5.41) is 0. The van der Waals surface area contributed by atoms with Crippen molar-refractivity contribution in [1.29, 1.82) is 0 Å². The van der Waals surface area contributed by atoms with Crippen molar-refractivity contribution in [3.05, 3.63) is 54.6 Å². The molecule has 1 saturated carbocycles. The molecule has 4 aliphatic rings. The topological polar surface area (TPSA) is 40.6 Å². The van der Waals surface area contributed by atoms with Crippen LogP contribution in [0.2, 0.25) is 0 Å². The molecule has 0 amide bonds. The molecule has 0 radical (unpaired) electrons. The lowest BCUT2D eigenvalue weighted by Crippen LogP contribution is -2.63. The van der Waals surface area contributed by atoms with Gasteiger partial charge >= 0.3 is 0 Å². The normalized spacial score (nSPS) is 39.0. The molecule has 3 heterocycles. The third kappa shape index (κ3) is 1.73. The second-order valence-electron chi connectivity index (χ2n) is 8.04. The Kier molecular flexibility index (Phi) is 2.99. The number of anilines is 1. The molecule has 0 unspecified atom stereocenters. The first-order valence-corrected chi connectivity index (χ1v) is 10.9. The zero-order chi connectivity index (χ0) is 17.4. The monoisotopic (exact) mass is 356 g/mol. The number of fused-ring (bicyclic) bond motifs is 1. The Morgan fingerprint density at radius 2 is 2.08 bits per heavy atom. The van der Waals surface area contributed by atoms with Crippen LogP contribution in [0.25, 0.3) is 0 Å². The molecule has 5 heteroatoms. The minimum absolute atomic E-state index is 0.0227. The van der Waals surface area contributed by atoms with Crippen LogP contribution in [0.5, 0.6) is 0 Å². The number of rotatable bonds is 2. The summed E-state index contributed by atoms with van der Waals surface area (Å²) >= 11 is 0. The summed E-state index contributed by atoms with van der Waals surface area (Å²) in [6, 6.07) is 8.49. The summed E-state index contributed by atoms with van der Waals surface area (Å²) in [6.07, 6.45) is 10.9. The highest BCUT2D eigenvalue weighted by atomic mass is 32.2. The van der Waals surface area contributed by atoms with Gasteiger partial charge in [-0.3, -0.25) is 9.21 Å². The minimum Gasteiger partial charge on any atom is -0.295 e. The van der Waals surface area contributed by atoms with Gasteiger partial charge in [-0.2, -0.15) is 0 Å². The van der Waals surface area contributed by atoms with Crippen molar-refractivity contribution in [2.75, 3.05) is 23.7 Å². The Morgan fingerprint density at radius 3 is 2.84 bits per heavy atom. The van der Waals surface area contributed by atoms with Gasteiger partial charge in [0.15, 0.2) is 0 Å². The maximum atomic E-state index is 12.7. The number of nitrogens with zero attached hydrogens (tertiary/aromatic N) is 2. The quantitative estimate of drug-likeness (QED) is 0.765. The van der Waals surface area contributed by atoms with E-state index in [9.17, 15) is 8.42 Å². The number of para-hydroxylation sites is 1. The van der Waals surface area contributed by atoms with Crippen LogP contribution >= 0.6 is 0 Å². The fraction of sp³-hybridized carbons (Fsp3) is 0.500. The van der Waals surface area contributed by atoms with Crippen molar-refractivity contribution >= 4 is 15.7 Å². The van der Waals surface area contributed by atoms with Gasteiger partial charge in [-0.1, -0.05) is 36.4 Å². The third-order valence-electron chi connectivity index (χ3n) is 7.05. The molecule has 1 aliphatic carbocycles. The Bertz CT molecular complexity index is 893. The summed E-state index contributed by atoms with van der Waals surface area (Å²) < 4.78 is 27.2. The highest BCUT2D eigenvalue weighted by Gasteiger charge is 2.68. The van der Waals surface area contributed by atoms with Crippen LogP contribution in [0.4, 0.5) is 5.69 Å². The number of benzene rings is 1. The van der Waals surface area contributed by atoms with Crippen LogP contribution in [0.15, 0.2) is 49.1 Å². The lowest BCUT2D eigenvalue weighted by Gasteiger charge is -2.55. The highest BCUT2D eigenvalue weighted by molar-refractivity contribution is 7.92. The van der Waals surface area contributed by atoms with E-state index in [1.807, 2.05) is 12.1 Å². The Balaban J connectivity index is 1.80. The van der Waals surface area contributed by atoms with Crippen LogP contribution in [-0.4, -0.2) is 44.7 Å². The Morgan fingerprint density at radius 1 is 1.28 bits per heavy atom. The molecule has 132 valence electrons. The summed E-state index contributed by atoms with van der Waals surface area (Å²) in [4.78, 5) is 2.55. The van der Waals surface area contributed by atoms with E-state index in [-0.39, 0.29) is 16.9 Å². The van der Waals surface area contributed by atoms with Gasteiger partial charge in [-0.05, 0) is 37.4 Å². The zero-order valence-corrected chi connectivity index (χ0v) is 15.4. The van der Waals surface area contributed by atoms with Gasteiger partial charge in [0.2, 0.25) is 10.0 Å². The van der Waals surface area contributed by atoms with Crippen LogP contribution in [0.1, 0.15) is 24.8 Å². The highest BCUT2D eigenvalue weighted by Crippen LogP contribution is 2.64. The molecule has 25 heavy (non-hydrogen) atoms. The maximum Gasteiger partial charge on any atom is 0.232 e. The van der Waals surface area contributed by atoms with Crippen molar-refractivity contribution in [3.63, 3.8) is 0 Å². The molecule has 3 aliphatic heterocycles. The molecule has 0 bridgehead atoms. The van der Waals surface area contributed by atoms with Crippen LogP contribution < -0.4 is 4.31 Å². The molecule has 1 aromatic rings. The molecule has 1 aromatic carbocycles. The van der Waals surface area contributed by atoms with Gasteiger partial charge < -0.3 is 0 Å². The summed E-state index contributed by atoms with van der Waals surface area (Å²) in [7, 11) is -3.31. The average molecular weight is 356 g/mol. The molecule has 0 aromatic heterocycles. The predicted octanol–water partition coefficient (Wildman–Crippen LogP) is 2.68. The number of hydrogen-bond donors (Lipinski definition) is 0. The lowest BCUT2D eigenvalue weighted by atomic mass is 9.54. The second-order valence-corrected chi connectivity index (χ2v) is 9.90. The summed E-state index contributed by atoms with van der Waals surface area (Å²) in [5.41, 5.74) is 1.94. The van der Waals surface area contributed by atoms with Gasteiger partial charge in [0.05, 0.1) is 18.0 Å². The first-order valence-electron chi connectivity index (χ1n) is 9.08. The summed E-state index contributed by atoms with van der Waals surface area (Å²) in [6.45, 7) is 6.16. The molecular weight excluding hydrogens is 332 g/mol.